The van der Waals surface area contributed by atoms with Crippen molar-refractivity contribution in [3.8, 4) is 0 Å². The zero-order valence-corrected chi connectivity index (χ0v) is 18.8. The van der Waals surface area contributed by atoms with Gasteiger partial charge in [0, 0.05) is 23.4 Å². The molecule has 0 aromatic heterocycles. The molecule has 0 fully saturated rings. The summed E-state index contributed by atoms with van der Waals surface area (Å²) in [7, 11) is -2.38. The number of sulfonamides is 1. The van der Waals surface area contributed by atoms with Crippen LogP contribution in [0.25, 0.3) is 0 Å². The summed E-state index contributed by atoms with van der Waals surface area (Å²) in [5.74, 6) is -0.307. The average Bonchev–Trinajstić information content (AvgIpc) is 2.76. The Bertz CT molecular complexity index is 1150. The summed E-state index contributed by atoms with van der Waals surface area (Å²) in [4.78, 5) is 12.5. The van der Waals surface area contributed by atoms with E-state index in [0.29, 0.717) is 12.2 Å². The van der Waals surface area contributed by atoms with Crippen molar-refractivity contribution in [3.63, 3.8) is 0 Å². The zero-order chi connectivity index (χ0) is 22.4. The Balaban J connectivity index is 1.73. The lowest BCUT2D eigenvalue weighted by molar-refractivity contribution is 0.0896. The first-order chi connectivity index (χ1) is 14.8. The van der Waals surface area contributed by atoms with Gasteiger partial charge < -0.3 is 10.1 Å². The first-order valence-electron chi connectivity index (χ1n) is 9.23. The number of nitrogens with one attached hydrogen (secondary N) is 2. The van der Waals surface area contributed by atoms with Crippen molar-refractivity contribution in [2.24, 2.45) is 0 Å². The smallest absolute Gasteiger partial charge is 0.263 e. The van der Waals surface area contributed by atoms with Crippen LogP contribution in [-0.4, -0.2) is 28.0 Å². The number of ether oxygens (including phenoxy) is 1. The molecule has 9 heteroatoms. The third kappa shape index (κ3) is 5.98. The summed E-state index contributed by atoms with van der Waals surface area (Å²) < 4.78 is 32.9. The lowest BCUT2D eigenvalue weighted by Crippen LogP contribution is -2.31. The van der Waals surface area contributed by atoms with E-state index in [0.717, 1.165) is 5.56 Å². The maximum Gasteiger partial charge on any atom is 0.263 e. The van der Waals surface area contributed by atoms with E-state index in [1.165, 1.54) is 42.5 Å². The molecule has 0 heterocycles. The average molecular weight is 479 g/mol. The van der Waals surface area contributed by atoms with E-state index in [-0.39, 0.29) is 32.6 Å². The van der Waals surface area contributed by atoms with Gasteiger partial charge in [-0.2, -0.15) is 0 Å². The van der Waals surface area contributed by atoms with Gasteiger partial charge in [0.15, 0.2) is 0 Å². The van der Waals surface area contributed by atoms with Gasteiger partial charge in [0.1, 0.15) is 4.90 Å². The van der Waals surface area contributed by atoms with E-state index in [4.69, 9.17) is 27.9 Å². The molecule has 0 aliphatic carbocycles. The minimum atomic E-state index is -3.95. The molecule has 3 rings (SSSR count). The number of halogens is 2. The molecule has 0 spiro atoms. The Morgan fingerprint density at radius 2 is 1.68 bits per heavy atom. The summed E-state index contributed by atoms with van der Waals surface area (Å²) >= 11 is 11.9. The molecule has 3 aromatic rings. The first kappa shape index (κ1) is 23.1. The van der Waals surface area contributed by atoms with Crippen LogP contribution >= 0.6 is 23.2 Å². The first-order valence-corrected chi connectivity index (χ1v) is 11.5. The third-order valence-corrected chi connectivity index (χ3v) is 6.52. The van der Waals surface area contributed by atoms with Crippen molar-refractivity contribution >= 4 is 44.8 Å². The second-order valence-corrected chi connectivity index (χ2v) is 9.14. The van der Waals surface area contributed by atoms with Gasteiger partial charge >= 0.3 is 0 Å². The fourth-order valence-corrected chi connectivity index (χ4v) is 4.72. The topological polar surface area (TPSA) is 84.5 Å². The van der Waals surface area contributed by atoms with Gasteiger partial charge in [0.05, 0.1) is 17.7 Å². The highest BCUT2D eigenvalue weighted by Crippen LogP contribution is 2.27. The number of hydrogen-bond acceptors (Lipinski definition) is 4. The maximum atomic E-state index is 12.7. The minimum Gasteiger partial charge on any atom is -0.382 e. The molecule has 1 amide bonds. The van der Waals surface area contributed by atoms with Crippen LogP contribution in [0.15, 0.2) is 77.7 Å². The van der Waals surface area contributed by atoms with Crippen LogP contribution < -0.4 is 10.0 Å². The van der Waals surface area contributed by atoms with Gasteiger partial charge in [-0.05, 0) is 48.0 Å². The second-order valence-electron chi connectivity index (χ2n) is 6.65. The summed E-state index contributed by atoms with van der Waals surface area (Å²) in [5.41, 5.74) is 1.57. The summed E-state index contributed by atoms with van der Waals surface area (Å²) in [6.07, 6.45) is 0. The number of carbonyl (C=O) groups excluding carboxylic acids is 1. The van der Waals surface area contributed by atoms with Crippen LogP contribution in [0.3, 0.4) is 0 Å². The van der Waals surface area contributed by atoms with Gasteiger partial charge in [-0.3, -0.25) is 9.52 Å². The quantitative estimate of drug-likeness (QED) is 0.481. The Morgan fingerprint density at radius 3 is 2.32 bits per heavy atom. The molecule has 1 atom stereocenters. The molecule has 2 N–H and O–H groups in total. The lowest BCUT2D eigenvalue weighted by atomic mass is 10.1. The number of hydrogen-bond donors (Lipinski definition) is 2. The number of benzene rings is 3. The number of anilines is 1. The lowest BCUT2D eigenvalue weighted by Gasteiger charge is -2.18. The summed E-state index contributed by atoms with van der Waals surface area (Å²) in [6, 6.07) is 19.4. The van der Waals surface area contributed by atoms with Gasteiger partial charge in [-0.15, -0.1) is 0 Å². The molecule has 0 saturated carbocycles. The molecule has 0 aliphatic heterocycles. The predicted octanol–water partition coefficient (Wildman–Crippen LogP) is 4.91. The van der Waals surface area contributed by atoms with Gasteiger partial charge in [-0.25, -0.2) is 8.42 Å². The summed E-state index contributed by atoms with van der Waals surface area (Å²) in [6.45, 7) is 0.314. The van der Waals surface area contributed by atoms with Crippen LogP contribution in [0.1, 0.15) is 22.0 Å². The molecule has 0 aliphatic rings. The highest BCUT2D eigenvalue weighted by atomic mass is 35.5. The van der Waals surface area contributed by atoms with Crippen LogP contribution in [-0.2, 0) is 14.8 Å². The minimum absolute atomic E-state index is 0.0537. The van der Waals surface area contributed by atoms with Gasteiger partial charge in [-0.1, -0.05) is 53.5 Å². The molecular weight excluding hydrogens is 459 g/mol. The predicted molar refractivity (Wildman–Crippen MR) is 122 cm³/mol. The van der Waals surface area contributed by atoms with Crippen LogP contribution in [0.5, 0.6) is 0 Å². The summed E-state index contributed by atoms with van der Waals surface area (Å²) in [5, 5.41) is 3.23. The highest BCUT2D eigenvalue weighted by Gasteiger charge is 2.19. The highest BCUT2D eigenvalue weighted by molar-refractivity contribution is 7.92. The molecule has 162 valence electrons. The zero-order valence-electron chi connectivity index (χ0n) is 16.5. The van der Waals surface area contributed by atoms with E-state index < -0.39 is 10.0 Å². The number of carbonyl (C=O) groups is 1. The van der Waals surface area contributed by atoms with Crippen LogP contribution in [0, 0.1) is 0 Å². The van der Waals surface area contributed by atoms with Gasteiger partial charge in [0.25, 0.3) is 15.9 Å². The molecule has 0 radical (unpaired) electrons. The maximum absolute atomic E-state index is 12.7. The Kier molecular flexibility index (Phi) is 7.56. The number of rotatable bonds is 8. The molecule has 0 unspecified atom stereocenters. The molecule has 31 heavy (non-hydrogen) atoms. The van der Waals surface area contributed by atoms with Crippen molar-refractivity contribution in [1.82, 2.24) is 5.32 Å². The molecule has 6 nitrogen and oxygen atoms in total. The standard InChI is InChI=1S/C22H20Cl2N2O4S/c1-30-14-20(15-5-3-2-4-6-15)25-22(27)16-7-10-18(11-8-16)26-31(28,29)21-13-17(23)9-12-19(21)24/h2-13,20,26H,14H2,1H3,(H,25,27)/t20-/m1/s1. The van der Waals surface area contributed by atoms with Crippen molar-refractivity contribution in [1.29, 1.82) is 0 Å². The Hall–Kier alpha value is -2.58. The SMILES string of the molecule is COC[C@@H](NC(=O)c1ccc(NS(=O)(=O)c2cc(Cl)ccc2Cl)cc1)c1ccccc1. The molecular formula is C22H20Cl2N2O4S. The fourth-order valence-electron chi connectivity index (χ4n) is 2.90. The van der Waals surface area contributed by atoms with E-state index in [1.807, 2.05) is 30.3 Å². The largest absolute Gasteiger partial charge is 0.382 e. The molecule has 3 aromatic carbocycles. The Morgan fingerprint density at radius 1 is 1.00 bits per heavy atom. The molecule has 0 bridgehead atoms. The Labute approximate surface area is 191 Å². The second kappa shape index (κ2) is 10.2. The van der Waals surface area contributed by atoms with Gasteiger partial charge in [0.2, 0.25) is 0 Å². The normalized spacial score (nSPS) is 12.2. The van der Waals surface area contributed by atoms with Crippen molar-refractivity contribution in [2.45, 2.75) is 10.9 Å². The van der Waals surface area contributed by atoms with Crippen molar-refractivity contribution in [3.05, 3.63) is 94.0 Å². The van der Waals surface area contributed by atoms with Crippen LogP contribution in [0.4, 0.5) is 5.69 Å². The van der Waals surface area contributed by atoms with E-state index in [9.17, 15) is 13.2 Å². The number of methoxy groups -OCH3 is 1. The monoisotopic (exact) mass is 478 g/mol. The van der Waals surface area contributed by atoms with Crippen LogP contribution in [0.2, 0.25) is 10.0 Å². The van der Waals surface area contributed by atoms with E-state index in [1.54, 1.807) is 7.11 Å². The van der Waals surface area contributed by atoms with Crippen molar-refractivity contribution in [2.75, 3.05) is 18.4 Å². The van der Waals surface area contributed by atoms with Crippen molar-refractivity contribution < 1.29 is 17.9 Å². The molecule has 0 saturated heterocycles. The van der Waals surface area contributed by atoms with E-state index in [2.05, 4.69) is 10.0 Å². The third-order valence-electron chi connectivity index (χ3n) is 4.42. The van der Waals surface area contributed by atoms with E-state index >= 15 is 0 Å². The number of amides is 1. The fraction of sp³-hybridized carbons (Fsp3) is 0.136.